The van der Waals surface area contributed by atoms with Gasteiger partial charge in [0.05, 0.1) is 12.5 Å². The lowest BCUT2D eigenvalue weighted by molar-refractivity contribution is -0.120. The van der Waals surface area contributed by atoms with E-state index in [-0.39, 0.29) is 18.2 Å². The Morgan fingerprint density at radius 3 is 2.43 bits per heavy atom. The van der Waals surface area contributed by atoms with Crippen LogP contribution in [0.15, 0.2) is 42.6 Å². The molecule has 1 heterocycles. The summed E-state index contributed by atoms with van der Waals surface area (Å²) in [6.45, 7) is 3.34. The van der Waals surface area contributed by atoms with E-state index in [0.29, 0.717) is 10.8 Å². The predicted octanol–water partition coefficient (Wildman–Crippen LogP) is 3.25. The third kappa shape index (κ3) is 5.38. The van der Waals surface area contributed by atoms with Crippen LogP contribution in [0, 0.1) is 6.92 Å². The van der Waals surface area contributed by atoms with E-state index in [0.717, 1.165) is 11.1 Å². The molecule has 6 heteroatoms. The number of pyridine rings is 1. The first-order chi connectivity index (χ1) is 10.9. The first-order valence-corrected chi connectivity index (χ1v) is 7.57. The molecule has 0 saturated heterocycles. The molecule has 2 aromatic rings. The van der Waals surface area contributed by atoms with Crippen LogP contribution in [0.25, 0.3) is 0 Å². The van der Waals surface area contributed by atoms with E-state index in [4.69, 9.17) is 11.6 Å². The molecule has 0 aliphatic carbocycles. The molecule has 0 fully saturated rings. The number of carbonyl (C=O) groups excluding carboxylic acids is 2. The molecule has 2 N–H and O–H groups in total. The molecule has 120 valence electrons. The number of nitrogens with zero attached hydrogens (tertiary/aromatic N) is 1. The van der Waals surface area contributed by atoms with Gasteiger partial charge in [0.25, 0.3) is 0 Å². The Morgan fingerprint density at radius 1 is 1.17 bits per heavy atom. The van der Waals surface area contributed by atoms with Crippen LogP contribution in [-0.4, -0.2) is 16.8 Å². The van der Waals surface area contributed by atoms with Gasteiger partial charge in [0.2, 0.25) is 11.8 Å². The summed E-state index contributed by atoms with van der Waals surface area (Å²) in [6, 6.07) is 10.2. The lowest BCUT2D eigenvalue weighted by Gasteiger charge is -2.18. The van der Waals surface area contributed by atoms with Gasteiger partial charge in [0, 0.05) is 18.1 Å². The van der Waals surface area contributed by atoms with Crippen molar-refractivity contribution in [2.75, 3.05) is 5.32 Å². The molecule has 2 rings (SSSR count). The van der Waals surface area contributed by atoms with Crippen molar-refractivity contribution in [3.05, 3.63) is 58.7 Å². The minimum absolute atomic E-state index is 0.108. The van der Waals surface area contributed by atoms with Crippen molar-refractivity contribution >= 4 is 29.2 Å². The van der Waals surface area contributed by atoms with Gasteiger partial charge < -0.3 is 10.6 Å². The van der Waals surface area contributed by atoms with Crippen molar-refractivity contribution in [2.45, 2.75) is 26.3 Å². The Morgan fingerprint density at radius 2 is 1.87 bits per heavy atom. The minimum Gasteiger partial charge on any atom is -0.349 e. The lowest BCUT2D eigenvalue weighted by Crippen LogP contribution is -2.29. The molecule has 0 spiro atoms. The molecule has 2 amide bonds. The smallest absolute Gasteiger partial charge is 0.227 e. The summed E-state index contributed by atoms with van der Waals surface area (Å²) in [7, 11) is 0. The van der Waals surface area contributed by atoms with Crippen LogP contribution in [-0.2, 0) is 9.59 Å². The maximum Gasteiger partial charge on any atom is 0.227 e. The average Bonchev–Trinajstić information content (AvgIpc) is 2.49. The summed E-state index contributed by atoms with van der Waals surface area (Å²) in [5.74, 6) is 0.0551. The molecule has 0 radical (unpaired) electrons. The van der Waals surface area contributed by atoms with Crippen molar-refractivity contribution in [3.63, 3.8) is 0 Å². The van der Waals surface area contributed by atoms with E-state index in [1.165, 1.54) is 6.92 Å². The molecule has 1 atom stereocenters. The monoisotopic (exact) mass is 331 g/mol. The predicted molar refractivity (Wildman–Crippen MR) is 90.2 cm³/mol. The van der Waals surface area contributed by atoms with Crippen LogP contribution in [0.2, 0.25) is 5.02 Å². The van der Waals surface area contributed by atoms with Gasteiger partial charge in [-0.2, -0.15) is 0 Å². The Labute approximate surface area is 140 Å². The van der Waals surface area contributed by atoms with Crippen molar-refractivity contribution in [1.82, 2.24) is 10.3 Å². The Bertz CT molecular complexity index is 684. The summed E-state index contributed by atoms with van der Waals surface area (Å²) < 4.78 is 0. The maximum absolute atomic E-state index is 12.2. The number of aromatic nitrogens is 1. The fraction of sp³-hybridized carbons (Fsp3) is 0.235. The summed E-state index contributed by atoms with van der Waals surface area (Å²) in [5, 5.41) is 6.11. The van der Waals surface area contributed by atoms with E-state index in [1.807, 2.05) is 13.0 Å². The van der Waals surface area contributed by atoms with Crippen molar-refractivity contribution in [1.29, 1.82) is 0 Å². The van der Waals surface area contributed by atoms with E-state index in [2.05, 4.69) is 15.6 Å². The Balaban J connectivity index is 2.07. The first-order valence-electron chi connectivity index (χ1n) is 7.19. The number of rotatable bonds is 5. The summed E-state index contributed by atoms with van der Waals surface area (Å²) in [4.78, 5) is 27.7. The van der Waals surface area contributed by atoms with Crippen molar-refractivity contribution in [3.8, 4) is 0 Å². The third-order valence-electron chi connectivity index (χ3n) is 3.22. The molecule has 23 heavy (non-hydrogen) atoms. The largest absolute Gasteiger partial charge is 0.349 e. The van der Waals surface area contributed by atoms with Crippen molar-refractivity contribution in [2.24, 2.45) is 0 Å². The quantitative estimate of drug-likeness (QED) is 0.883. The molecule has 0 unspecified atom stereocenters. The number of hydrogen-bond acceptors (Lipinski definition) is 3. The van der Waals surface area contributed by atoms with Gasteiger partial charge in [-0.25, -0.2) is 4.98 Å². The van der Waals surface area contributed by atoms with Crippen molar-refractivity contribution < 1.29 is 9.59 Å². The Hall–Kier alpha value is -2.40. The fourth-order valence-corrected chi connectivity index (χ4v) is 2.24. The van der Waals surface area contributed by atoms with E-state index < -0.39 is 6.04 Å². The topological polar surface area (TPSA) is 71.1 Å². The van der Waals surface area contributed by atoms with E-state index in [9.17, 15) is 9.59 Å². The number of anilines is 1. The number of hydrogen-bond donors (Lipinski definition) is 2. The van der Waals surface area contributed by atoms with E-state index in [1.54, 1.807) is 36.5 Å². The number of amides is 2. The van der Waals surface area contributed by atoms with Gasteiger partial charge in [-0.1, -0.05) is 29.8 Å². The van der Waals surface area contributed by atoms with Gasteiger partial charge in [0.15, 0.2) is 0 Å². The van der Waals surface area contributed by atoms with E-state index >= 15 is 0 Å². The third-order valence-corrected chi connectivity index (χ3v) is 3.47. The SMILES string of the molecule is CC(=O)N[C@@H](CC(=O)Nc1ccc(C)cn1)c1ccc(Cl)cc1. The highest BCUT2D eigenvalue weighted by molar-refractivity contribution is 6.30. The number of nitrogens with one attached hydrogen (secondary N) is 2. The molecule has 0 aliphatic heterocycles. The molecular weight excluding hydrogens is 314 g/mol. The van der Waals surface area contributed by atoms with Gasteiger partial charge in [-0.15, -0.1) is 0 Å². The lowest BCUT2D eigenvalue weighted by atomic mass is 10.0. The second-order valence-electron chi connectivity index (χ2n) is 5.28. The number of halogens is 1. The maximum atomic E-state index is 12.2. The van der Waals surface area contributed by atoms with Gasteiger partial charge in [0.1, 0.15) is 5.82 Å². The molecule has 0 bridgehead atoms. The molecule has 1 aromatic carbocycles. The molecule has 1 aromatic heterocycles. The number of aryl methyl sites for hydroxylation is 1. The zero-order valence-electron chi connectivity index (χ0n) is 13.0. The second kappa shape index (κ2) is 7.74. The highest BCUT2D eigenvalue weighted by Gasteiger charge is 2.17. The minimum atomic E-state index is -0.421. The fourth-order valence-electron chi connectivity index (χ4n) is 2.11. The van der Waals surface area contributed by atoms with Crippen LogP contribution >= 0.6 is 11.6 Å². The van der Waals surface area contributed by atoms with Crippen LogP contribution in [0.1, 0.15) is 30.5 Å². The van der Waals surface area contributed by atoms with Crippen LogP contribution in [0.4, 0.5) is 5.82 Å². The molecule has 5 nitrogen and oxygen atoms in total. The Kier molecular flexibility index (Phi) is 5.71. The highest BCUT2D eigenvalue weighted by atomic mass is 35.5. The molecule has 0 saturated carbocycles. The normalized spacial score (nSPS) is 11.6. The van der Waals surface area contributed by atoms with Gasteiger partial charge in [-0.05, 0) is 36.2 Å². The van der Waals surface area contributed by atoms with Gasteiger partial charge in [-0.3, -0.25) is 9.59 Å². The van der Waals surface area contributed by atoms with Crippen LogP contribution in [0.5, 0.6) is 0 Å². The standard InChI is InChI=1S/C17H18ClN3O2/c1-11-3-8-16(19-10-11)21-17(23)9-15(20-12(2)22)13-4-6-14(18)7-5-13/h3-8,10,15H,9H2,1-2H3,(H,20,22)(H,19,21,23)/t15-/m0/s1. The van der Waals surface area contributed by atoms with Crippen LogP contribution in [0.3, 0.4) is 0 Å². The summed E-state index contributed by atoms with van der Waals surface area (Å²) in [5.41, 5.74) is 1.83. The summed E-state index contributed by atoms with van der Waals surface area (Å²) in [6.07, 6.45) is 1.79. The zero-order chi connectivity index (χ0) is 16.8. The number of benzene rings is 1. The zero-order valence-corrected chi connectivity index (χ0v) is 13.7. The van der Waals surface area contributed by atoms with Crippen LogP contribution < -0.4 is 10.6 Å². The van der Waals surface area contributed by atoms with Gasteiger partial charge >= 0.3 is 0 Å². The molecule has 0 aliphatic rings. The number of carbonyl (C=O) groups is 2. The first kappa shape index (κ1) is 17.0. The highest BCUT2D eigenvalue weighted by Crippen LogP contribution is 2.20. The molecular formula is C17H18ClN3O2. The second-order valence-corrected chi connectivity index (χ2v) is 5.71. The average molecular weight is 332 g/mol. The summed E-state index contributed by atoms with van der Waals surface area (Å²) >= 11 is 5.87.